The van der Waals surface area contributed by atoms with Crippen molar-refractivity contribution in [2.24, 2.45) is 10.7 Å². The van der Waals surface area contributed by atoms with Gasteiger partial charge >= 0.3 is 0 Å². The highest BCUT2D eigenvalue weighted by Crippen LogP contribution is 2.34. The predicted octanol–water partition coefficient (Wildman–Crippen LogP) is 2.94. The number of nitrogens with zero attached hydrogens (tertiary/aromatic N) is 1. The Morgan fingerprint density at radius 1 is 1.03 bits per heavy atom. The van der Waals surface area contributed by atoms with Gasteiger partial charge in [0, 0.05) is 44.1 Å². The highest BCUT2D eigenvalue weighted by Gasteiger charge is 2.15. The molecule has 0 aliphatic rings. The zero-order valence-corrected chi connectivity index (χ0v) is 19.9. The van der Waals surface area contributed by atoms with E-state index in [0.717, 1.165) is 11.3 Å². The molecule has 2 aromatic carbocycles. The van der Waals surface area contributed by atoms with Crippen molar-refractivity contribution in [3.63, 3.8) is 0 Å². The molecule has 0 spiro atoms. The Balaban J connectivity index is 2.41. The summed E-state index contributed by atoms with van der Waals surface area (Å²) in [7, 11) is 5.02. The molecule has 0 unspecified atom stereocenters. The molecule has 0 radical (unpaired) electrons. The van der Waals surface area contributed by atoms with E-state index < -0.39 is 5.60 Å². The molecule has 0 fully saturated rings. The number of nitrogens with one attached hydrogen (secondary N) is 1. The van der Waals surface area contributed by atoms with Crippen molar-refractivity contribution in [3.8, 4) is 23.3 Å². The molecule has 8 heteroatoms. The summed E-state index contributed by atoms with van der Waals surface area (Å²) in [5.74, 6) is 7.13. The topological polar surface area (TPSA) is 108 Å². The Bertz CT molecular complexity index is 1000. The van der Waals surface area contributed by atoms with Crippen LogP contribution in [0, 0.1) is 11.8 Å². The maximum Gasteiger partial charge on any atom is 0.163 e. The molecule has 2 aromatic rings. The Labute approximate surface area is 195 Å². The minimum Gasteiger partial charge on any atom is -0.487 e. The van der Waals surface area contributed by atoms with E-state index in [1.54, 1.807) is 41.2 Å². The molecule has 0 aliphatic carbocycles. The van der Waals surface area contributed by atoms with Gasteiger partial charge in [-0.3, -0.25) is 0 Å². The largest absolute Gasteiger partial charge is 0.487 e. The van der Waals surface area contributed by atoms with Gasteiger partial charge in [-0.05, 0) is 38.1 Å². The number of nitrogens with two attached hydrogens (primary N) is 1. The van der Waals surface area contributed by atoms with E-state index in [4.69, 9.17) is 24.7 Å². The second-order valence-corrected chi connectivity index (χ2v) is 7.63. The van der Waals surface area contributed by atoms with Crippen LogP contribution in [0.4, 0.5) is 11.4 Å². The van der Waals surface area contributed by atoms with E-state index in [1.165, 1.54) is 0 Å². The fraction of sp³-hybridized carbons (Fsp3) is 0.400. The van der Waals surface area contributed by atoms with E-state index in [0.29, 0.717) is 55.0 Å². The van der Waals surface area contributed by atoms with Crippen molar-refractivity contribution in [2.45, 2.75) is 19.4 Å². The van der Waals surface area contributed by atoms with Gasteiger partial charge in [-0.2, -0.15) is 0 Å². The zero-order chi connectivity index (χ0) is 24.3. The third-order valence-electron chi connectivity index (χ3n) is 4.33. The molecule has 178 valence electrons. The van der Waals surface area contributed by atoms with E-state index in [-0.39, 0.29) is 0 Å². The second kappa shape index (κ2) is 12.7. The SMILES string of the molecule is CNc1cc(OCCOC)c(OCCOC)cc1C(N)=Nc1cccc(C#CC(C)(C)O)c1. The van der Waals surface area contributed by atoms with Crippen LogP contribution >= 0.6 is 0 Å². The number of aliphatic hydroxyl groups is 1. The lowest BCUT2D eigenvalue weighted by Gasteiger charge is -2.17. The van der Waals surface area contributed by atoms with Crippen LogP contribution in [-0.4, -0.2) is 64.2 Å². The van der Waals surface area contributed by atoms with Gasteiger partial charge in [0.05, 0.1) is 18.9 Å². The molecule has 0 bridgehead atoms. The van der Waals surface area contributed by atoms with Crippen LogP contribution < -0.4 is 20.5 Å². The quantitative estimate of drug-likeness (QED) is 0.207. The molecule has 33 heavy (non-hydrogen) atoms. The maximum absolute atomic E-state index is 9.83. The summed E-state index contributed by atoms with van der Waals surface area (Å²) in [6, 6.07) is 10.9. The van der Waals surface area contributed by atoms with Crippen molar-refractivity contribution in [2.75, 3.05) is 53.0 Å². The van der Waals surface area contributed by atoms with Crippen LogP contribution in [0.5, 0.6) is 11.5 Å². The van der Waals surface area contributed by atoms with Crippen molar-refractivity contribution < 1.29 is 24.1 Å². The molecule has 2 rings (SSSR count). The molecule has 0 amide bonds. The van der Waals surface area contributed by atoms with Crippen molar-refractivity contribution in [3.05, 3.63) is 47.5 Å². The zero-order valence-electron chi connectivity index (χ0n) is 19.9. The number of hydrogen-bond acceptors (Lipinski definition) is 7. The number of hydrogen-bond donors (Lipinski definition) is 3. The minimum absolute atomic E-state index is 0.298. The van der Waals surface area contributed by atoms with Crippen LogP contribution in [0.2, 0.25) is 0 Å². The van der Waals surface area contributed by atoms with Gasteiger partial charge in [0.2, 0.25) is 0 Å². The fourth-order valence-corrected chi connectivity index (χ4v) is 2.75. The Morgan fingerprint density at radius 3 is 2.24 bits per heavy atom. The molecule has 0 saturated heterocycles. The Kier molecular flexibility index (Phi) is 10.0. The molecule has 0 heterocycles. The van der Waals surface area contributed by atoms with E-state index in [1.807, 2.05) is 30.3 Å². The predicted molar refractivity (Wildman–Crippen MR) is 131 cm³/mol. The Morgan fingerprint density at radius 2 is 1.67 bits per heavy atom. The van der Waals surface area contributed by atoms with Crippen molar-refractivity contribution in [1.29, 1.82) is 0 Å². The first-order valence-corrected chi connectivity index (χ1v) is 10.6. The average molecular weight is 456 g/mol. The lowest BCUT2D eigenvalue weighted by Crippen LogP contribution is -2.16. The first kappa shape index (κ1) is 26.0. The van der Waals surface area contributed by atoms with Gasteiger partial charge in [-0.1, -0.05) is 17.9 Å². The average Bonchev–Trinajstić information content (AvgIpc) is 2.78. The highest BCUT2D eigenvalue weighted by molar-refractivity contribution is 6.04. The third-order valence-corrected chi connectivity index (χ3v) is 4.33. The number of amidine groups is 1. The number of rotatable bonds is 11. The van der Waals surface area contributed by atoms with E-state index in [9.17, 15) is 5.11 Å². The summed E-state index contributed by atoms with van der Waals surface area (Å²) in [6.45, 7) is 4.88. The number of benzene rings is 2. The van der Waals surface area contributed by atoms with Gasteiger partial charge in [0.25, 0.3) is 0 Å². The van der Waals surface area contributed by atoms with Gasteiger partial charge in [0.1, 0.15) is 24.7 Å². The second-order valence-electron chi connectivity index (χ2n) is 7.63. The van der Waals surface area contributed by atoms with Crippen LogP contribution in [0.15, 0.2) is 41.4 Å². The molecule has 0 atom stereocenters. The molecule has 0 saturated carbocycles. The van der Waals surface area contributed by atoms with Crippen molar-refractivity contribution in [1.82, 2.24) is 0 Å². The smallest absolute Gasteiger partial charge is 0.163 e. The minimum atomic E-state index is -1.08. The first-order valence-electron chi connectivity index (χ1n) is 10.6. The van der Waals surface area contributed by atoms with E-state index in [2.05, 4.69) is 22.2 Å². The molecular formula is C25H33N3O5. The summed E-state index contributed by atoms with van der Waals surface area (Å²) < 4.78 is 21.8. The molecule has 0 aromatic heterocycles. The normalized spacial score (nSPS) is 11.5. The summed E-state index contributed by atoms with van der Waals surface area (Å²) in [5, 5.41) is 13.0. The monoisotopic (exact) mass is 455 g/mol. The van der Waals surface area contributed by atoms with Crippen LogP contribution in [0.1, 0.15) is 25.0 Å². The number of ether oxygens (including phenoxy) is 4. The summed E-state index contributed by atoms with van der Waals surface area (Å²) in [5.41, 5.74) is 8.07. The van der Waals surface area contributed by atoms with Crippen LogP contribution in [-0.2, 0) is 9.47 Å². The molecule has 8 nitrogen and oxygen atoms in total. The van der Waals surface area contributed by atoms with Crippen molar-refractivity contribution >= 4 is 17.2 Å². The van der Waals surface area contributed by atoms with Gasteiger partial charge in [-0.25, -0.2) is 4.99 Å². The highest BCUT2D eigenvalue weighted by atomic mass is 16.5. The number of aliphatic imine (C=N–C) groups is 1. The summed E-state index contributed by atoms with van der Waals surface area (Å²) in [4.78, 5) is 4.57. The van der Waals surface area contributed by atoms with Crippen LogP contribution in [0.25, 0.3) is 0 Å². The first-order chi connectivity index (χ1) is 15.8. The third kappa shape index (κ3) is 8.66. The maximum atomic E-state index is 9.83. The van der Waals surface area contributed by atoms with Crippen LogP contribution in [0.3, 0.4) is 0 Å². The number of methoxy groups -OCH3 is 2. The standard InChI is InChI=1S/C25H33N3O5/c1-25(2,29)10-9-18-7-6-8-19(15-18)28-24(26)20-16-22(32-13-11-30-4)23(17-21(20)27-3)33-14-12-31-5/h6-8,15-17,27,29H,11-14H2,1-5H3,(H2,26,28). The summed E-state index contributed by atoms with van der Waals surface area (Å²) in [6.07, 6.45) is 0. The number of anilines is 1. The fourth-order valence-electron chi connectivity index (χ4n) is 2.75. The molecular weight excluding hydrogens is 422 g/mol. The lowest BCUT2D eigenvalue weighted by atomic mass is 10.1. The molecule has 0 aliphatic heterocycles. The Hall–Kier alpha value is -3.25. The van der Waals surface area contributed by atoms with Gasteiger partial charge in [-0.15, -0.1) is 0 Å². The van der Waals surface area contributed by atoms with Gasteiger partial charge < -0.3 is 35.1 Å². The molecule has 4 N–H and O–H groups in total. The van der Waals surface area contributed by atoms with Gasteiger partial charge in [0.15, 0.2) is 11.5 Å². The lowest BCUT2D eigenvalue weighted by molar-refractivity contribution is 0.132. The van der Waals surface area contributed by atoms with E-state index >= 15 is 0 Å². The summed E-state index contributed by atoms with van der Waals surface area (Å²) >= 11 is 0.